The van der Waals surface area contributed by atoms with Gasteiger partial charge < -0.3 is 5.32 Å². The second-order valence-corrected chi connectivity index (χ2v) is 6.83. The number of hydrogen-bond donors (Lipinski definition) is 1. The lowest BCUT2D eigenvalue weighted by Gasteiger charge is -2.22. The molecule has 3 nitrogen and oxygen atoms in total. The fraction of sp³-hybridized carbons (Fsp3) is 0.400. The first-order chi connectivity index (χ1) is 11.3. The Kier molecular flexibility index (Phi) is 3.86. The predicted molar refractivity (Wildman–Crippen MR) is 94.1 cm³/mol. The van der Waals surface area contributed by atoms with Crippen LogP contribution in [0.25, 0.3) is 0 Å². The van der Waals surface area contributed by atoms with Crippen LogP contribution in [0.5, 0.6) is 0 Å². The number of aromatic nitrogens is 1. The lowest BCUT2D eigenvalue weighted by Crippen LogP contribution is -2.20. The fourth-order valence-corrected chi connectivity index (χ4v) is 3.62. The first-order valence-electron chi connectivity index (χ1n) is 8.62. The van der Waals surface area contributed by atoms with E-state index < -0.39 is 0 Å². The normalized spacial score (nSPS) is 19.9. The SMILES string of the molecule is CC1CCc2ccc(Cc3ccnc(C4=NCCN4)c3)cc2C1. The summed E-state index contributed by atoms with van der Waals surface area (Å²) >= 11 is 0. The van der Waals surface area contributed by atoms with E-state index in [1.54, 1.807) is 11.1 Å². The van der Waals surface area contributed by atoms with Gasteiger partial charge in [-0.3, -0.25) is 9.98 Å². The van der Waals surface area contributed by atoms with E-state index in [2.05, 4.69) is 52.5 Å². The van der Waals surface area contributed by atoms with Crippen LogP contribution >= 0.6 is 0 Å². The summed E-state index contributed by atoms with van der Waals surface area (Å²) in [5, 5.41) is 3.30. The highest BCUT2D eigenvalue weighted by Crippen LogP contribution is 2.26. The van der Waals surface area contributed by atoms with Gasteiger partial charge in [-0.1, -0.05) is 25.1 Å². The van der Waals surface area contributed by atoms with Crippen LogP contribution in [0.15, 0.2) is 41.5 Å². The van der Waals surface area contributed by atoms with Gasteiger partial charge >= 0.3 is 0 Å². The Labute approximate surface area is 137 Å². The summed E-state index contributed by atoms with van der Waals surface area (Å²) in [5.74, 6) is 1.75. The second-order valence-electron chi connectivity index (χ2n) is 6.83. The molecule has 1 atom stereocenters. The van der Waals surface area contributed by atoms with Gasteiger partial charge in [-0.05, 0) is 66.0 Å². The van der Waals surface area contributed by atoms with Crippen molar-refractivity contribution in [2.24, 2.45) is 10.9 Å². The Balaban J connectivity index is 1.56. The molecule has 118 valence electrons. The van der Waals surface area contributed by atoms with Crippen LogP contribution in [-0.2, 0) is 19.3 Å². The van der Waals surface area contributed by atoms with Crippen molar-refractivity contribution in [3.63, 3.8) is 0 Å². The van der Waals surface area contributed by atoms with E-state index in [-0.39, 0.29) is 0 Å². The maximum Gasteiger partial charge on any atom is 0.147 e. The van der Waals surface area contributed by atoms with E-state index in [0.29, 0.717) is 0 Å². The van der Waals surface area contributed by atoms with Gasteiger partial charge in [0.05, 0.1) is 6.54 Å². The molecule has 1 aliphatic carbocycles. The van der Waals surface area contributed by atoms with Crippen LogP contribution in [0.2, 0.25) is 0 Å². The first-order valence-corrected chi connectivity index (χ1v) is 8.62. The van der Waals surface area contributed by atoms with Crippen molar-refractivity contribution in [1.82, 2.24) is 10.3 Å². The number of benzene rings is 1. The van der Waals surface area contributed by atoms with Crippen molar-refractivity contribution in [3.05, 3.63) is 64.5 Å². The van der Waals surface area contributed by atoms with Gasteiger partial charge in [0, 0.05) is 12.7 Å². The summed E-state index contributed by atoms with van der Waals surface area (Å²) in [6.45, 7) is 4.13. The maximum atomic E-state index is 4.46. The number of nitrogens with zero attached hydrogens (tertiary/aromatic N) is 2. The van der Waals surface area contributed by atoms with E-state index in [0.717, 1.165) is 37.0 Å². The van der Waals surface area contributed by atoms with E-state index >= 15 is 0 Å². The molecule has 0 fully saturated rings. The largest absolute Gasteiger partial charge is 0.367 e. The van der Waals surface area contributed by atoms with Crippen molar-refractivity contribution < 1.29 is 0 Å². The number of aryl methyl sites for hydroxylation is 1. The molecule has 4 rings (SSSR count). The summed E-state index contributed by atoms with van der Waals surface area (Å²) in [7, 11) is 0. The molecular formula is C20H23N3. The lowest BCUT2D eigenvalue weighted by molar-refractivity contribution is 0.501. The van der Waals surface area contributed by atoms with Crippen molar-refractivity contribution in [2.75, 3.05) is 13.1 Å². The third-order valence-electron chi connectivity index (χ3n) is 4.89. The molecule has 2 aliphatic rings. The number of pyridine rings is 1. The number of nitrogens with one attached hydrogen (secondary N) is 1. The predicted octanol–water partition coefficient (Wildman–Crippen LogP) is 3.15. The molecule has 3 heteroatoms. The van der Waals surface area contributed by atoms with Gasteiger partial charge in [0.15, 0.2) is 0 Å². The van der Waals surface area contributed by atoms with Gasteiger partial charge in [0.25, 0.3) is 0 Å². The monoisotopic (exact) mass is 305 g/mol. The van der Waals surface area contributed by atoms with Crippen molar-refractivity contribution >= 4 is 5.84 Å². The molecule has 23 heavy (non-hydrogen) atoms. The van der Waals surface area contributed by atoms with Crippen molar-refractivity contribution in [3.8, 4) is 0 Å². The summed E-state index contributed by atoms with van der Waals surface area (Å²) in [5.41, 5.74) is 6.77. The average Bonchev–Trinajstić information content (AvgIpc) is 3.09. The molecule has 0 saturated carbocycles. The van der Waals surface area contributed by atoms with Crippen LogP contribution in [0.1, 0.15) is 41.3 Å². The highest BCUT2D eigenvalue weighted by atomic mass is 15.1. The van der Waals surface area contributed by atoms with Crippen LogP contribution in [0.4, 0.5) is 0 Å². The minimum absolute atomic E-state index is 0.816. The summed E-state index contributed by atoms with van der Waals surface area (Å²) in [6, 6.07) is 11.3. The van der Waals surface area contributed by atoms with E-state index in [1.807, 2.05) is 6.20 Å². The molecule has 1 aromatic carbocycles. The summed E-state index contributed by atoms with van der Waals surface area (Å²) < 4.78 is 0. The standard InChI is InChI=1S/C20H23N3/c1-14-2-4-17-5-3-15(12-18(17)10-14)11-16-6-7-21-19(13-16)20-22-8-9-23-20/h3,5-7,12-14H,2,4,8-11H2,1H3,(H,22,23). The minimum Gasteiger partial charge on any atom is -0.367 e. The molecule has 2 aromatic rings. The van der Waals surface area contributed by atoms with Crippen molar-refractivity contribution in [1.29, 1.82) is 0 Å². The Morgan fingerprint density at radius 2 is 2.04 bits per heavy atom. The Morgan fingerprint density at radius 3 is 2.91 bits per heavy atom. The van der Waals surface area contributed by atoms with Gasteiger partial charge in [0.1, 0.15) is 11.5 Å². The quantitative estimate of drug-likeness (QED) is 0.946. The molecule has 0 spiro atoms. The number of fused-ring (bicyclic) bond motifs is 1. The molecule has 1 aromatic heterocycles. The molecule has 0 saturated heterocycles. The van der Waals surface area contributed by atoms with E-state index in [4.69, 9.17) is 0 Å². The van der Waals surface area contributed by atoms with E-state index in [9.17, 15) is 0 Å². The fourth-order valence-electron chi connectivity index (χ4n) is 3.62. The second kappa shape index (κ2) is 6.15. The Hall–Kier alpha value is -2.16. The lowest BCUT2D eigenvalue weighted by atomic mass is 9.84. The first kappa shape index (κ1) is 14.4. The molecular weight excluding hydrogens is 282 g/mol. The van der Waals surface area contributed by atoms with Gasteiger partial charge in [-0.2, -0.15) is 0 Å². The molecule has 0 bridgehead atoms. The molecule has 1 aliphatic heterocycles. The highest BCUT2D eigenvalue weighted by Gasteiger charge is 2.15. The van der Waals surface area contributed by atoms with Gasteiger partial charge in [-0.25, -0.2) is 0 Å². The van der Waals surface area contributed by atoms with E-state index in [1.165, 1.54) is 30.4 Å². The molecule has 1 N–H and O–H groups in total. The zero-order valence-electron chi connectivity index (χ0n) is 13.7. The Bertz CT molecular complexity index is 748. The number of aliphatic imine (C=N–C) groups is 1. The number of rotatable bonds is 3. The number of hydrogen-bond acceptors (Lipinski definition) is 3. The summed E-state index contributed by atoms with van der Waals surface area (Å²) in [4.78, 5) is 8.91. The van der Waals surface area contributed by atoms with Gasteiger partial charge in [0.2, 0.25) is 0 Å². The summed E-state index contributed by atoms with van der Waals surface area (Å²) in [6.07, 6.45) is 6.65. The minimum atomic E-state index is 0.816. The third-order valence-corrected chi connectivity index (χ3v) is 4.89. The highest BCUT2D eigenvalue weighted by molar-refractivity contribution is 5.98. The van der Waals surface area contributed by atoms with Crippen LogP contribution in [-0.4, -0.2) is 23.9 Å². The average molecular weight is 305 g/mol. The van der Waals surface area contributed by atoms with Crippen LogP contribution < -0.4 is 5.32 Å². The smallest absolute Gasteiger partial charge is 0.147 e. The maximum absolute atomic E-state index is 4.46. The molecule has 2 heterocycles. The zero-order chi connectivity index (χ0) is 15.6. The Morgan fingerprint density at radius 1 is 1.13 bits per heavy atom. The van der Waals surface area contributed by atoms with Crippen LogP contribution in [0.3, 0.4) is 0 Å². The third kappa shape index (κ3) is 3.14. The topological polar surface area (TPSA) is 37.3 Å². The molecule has 0 radical (unpaired) electrons. The molecule has 1 unspecified atom stereocenters. The molecule has 0 amide bonds. The van der Waals surface area contributed by atoms with Crippen LogP contribution in [0, 0.1) is 5.92 Å². The van der Waals surface area contributed by atoms with Gasteiger partial charge in [-0.15, -0.1) is 0 Å². The zero-order valence-corrected chi connectivity index (χ0v) is 13.7. The van der Waals surface area contributed by atoms with Crippen molar-refractivity contribution in [2.45, 2.75) is 32.6 Å². The number of amidine groups is 1.